The van der Waals surface area contributed by atoms with E-state index >= 15 is 0 Å². The van der Waals surface area contributed by atoms with Crippen molar-refractivity contribution in [2.24, 2.45) is 5.10 Å². The Labute approximate surface area is 193 Å². The maximum absolute atomic E-state index is 13.4. The minimum Gasteiger partial charge on any atom is -0.494 e. The largest absolute Gasteiger partial charge is 0.494 e. The van der Waals surface area contributed by atoms with Gasteiger partial charge in [-0.15, -0.1) is 0 Å². The van der Waals surface area contributed by atoms with Gasteiger partial charge in [-0.25, -0.2) is 13.4 Å². The Hall–Kier alpha value is -3.65. The molecule has 7 nitrogen and oxygen atoms in total. The Morgan fingerprint density at radius 1 is 1.06 bits per heavy atom. The third-order valence-electron chi connectivity index (χ3n) is 5.23. The van der Waals surface area contributed by atoms with Gasteiger partial charge in [0, 0.05) is 17.5 Å². The second kappa shape index (κ2) is 9.46. The second-order valence-electron chi connectivity index (χ2n) is 7.71. The maximum atomic E-state index is 13.4. The number of hydrogen-bond acceptors (Lipinski definition) is 5. The van der Waals surface area contributed by atoms with Gasteiger partial charge in [0.05, 0.1) is 30.3 Å². The van der Waals surface area contributed by atoms with Gasteiger partial charge in [-0.3, -0.25) is 9.52 Å². The third kappa shape index (κ3) is 5.23. The van der Waals surface area contributed by atoms with E-state index in [9.17, 15) is 13.2 Å². The van der Waals surface area contributed by atoms with Gasteiger partial charge in [0.25, 0.3) is 5.91 Å². The Kier molecular flexibility index (Phi) is 6.46. The van der Waals surface area contributed by atoms with E-state index in [-0.39, 0.29) is 11.9 Å². The average Bonchev–Trinajstić information content (AvgIpc) is 3.24. The predicted octanol–water partition coefficient (Wildman–Crippen LogP) is 4.45. The molecule has 1 heterocycles. The maximum Gasteiger partial charge on any atom is 0.274 e. The van der Waals surface area contributed by atoms with E-state index in [1.54, 1.807) is 30.3 Å². The zero-order valence-corrected chi connectivity index (χ0v) is 19.2. The number of amides is 1. The summed E-state index contributed by atoms with van der Waals surface area (Å²) in [5.74, 6) is 0.487. The minimum absolute atomic E-state index is 0.231. The summed E-state index contributed by atoms with van der Waals surface area (Å²) in [4.78, 5) is 13.4. The van der Waals surface area contributed by atoms with Crippen LogP contribution in [-0.2, 0) is 10.0 Å². The van der Waals surface area contributed by atoms with Crippen LogP contribution in [0.3, 0.4) is 0 Å². The molecule has 1 amide bonds. The number of nitrogens with one attached hydrogen (secondary N) is 1. The molecular weight excluding hydrogens is 438 g/mol. The van der Waals surface area contributed by atoms with Crippen LogP contribution in [0.15, 0.2) is 84.0 Å². The molecule has 0 spiro atoms. The molecule has 1 aliphatic heterocycles. The molecule has 170 valence electrons. The molecule has 0 aromatic heterocycles. The first kappa shape index (κ1) is 22.5. The molecule has 0 fully saturated rings. The molecule has 0 saturated heterocycles. The van der Waals surface area contributed by atoms with Crippen molar-refractivity contribution in [3.05, 3.63) is 95.6 Å². The summed E-state index contributed by atoms with van der Waals surface area (Å²) in [5.41, 5.74) is 3.10. The number of anilines is 1. The van der Waals surface area contributed by atoms with Crippen molar-refractivity contribution in [1.29, 1.82) is 0 Å². The molecule has 8 heteroatoms. The van der Waals surface area contributed by atoms with E-state index in [2.05, 4.69) is 9.82 Å². The van der Waals surface area contributed by atoms with Crippen molar-refractivity contribution in [2.75, 3.05) is 17.6 Å². The summed E-state index contributed by atoms with van der Waals surface area (Å²) < 4.78 is 32.0. The van der Waals surface area contributed by atoms with Gasteiger partial charge >= 0.3 is 0 Å². The van der Waals surface area contributed by atoms with Crippen LogP contribution in [0.2, 0.25) is 0 Å². The van der Waals surface area contributed by atoms with Crippen molar-refractivity contribution >= 4 is 27.3 Å². The van der Waals surface area contributed by atoms with Crippen LogP contribution in [-0.4, -0.2) is 37.9 Å². The summed E-state index contributed by atoms with van der Waals surface area (Å²) >= 11 is 0. The van der Waals surface area contributed by atoms with E-state index in [0.717, 1.165) is 17.6 Å². The number of para-hydroxylation sites is 1. The van der Waals surface area contributed by atoms with E-state index in [4.69, 9.17) is 4.74 Å². The number of sulfonamides is 1. The fraction of sp³-hybridized carbons (Fsp3) is 0.200. The molecule has 3 aromatic carbocycles. The van der Waals surface area contributed by atoms with Crippen LogP contribution in [0.4, 0.5) is 5.69 Å². The molecule has 1 aliphatic rings. The van der Waals surface area contributed by atoms with Crippen molar-refractivity contribution in [3.63, 3.8) is 0 Å². The lowest BCUT2D eigenvalue weighted by Gasteiger charge is -2.22. The highest BCUT2D eigenvalue weighted by molar-refractivity contribution is 7.92. The number of nitrogens with zero attached hydrogens (tertiary/aromatic N) is 2. The highest BCUT2D eigenvalue weighted by Crippen LogP contribution is 2.36. The Morgan fingerprint density at radius 2 is 1.79 bits per heavy atom. The molecule has 1 atom stereocenters. The molecule has 0 unspecified atom stereocenters. The van der Waals surface area contributed by atoms with E-state index in [1.165, 1.54) is 5.01 Å². The summed E-state index contributed by atoms with van der Waals surface area (Å²) in [6, 6.07) is 23.3. The molecule has 0 radical (unpaired) electrons. The quantitative estimate of drug-likeness (QED) is 0.561. The molecule has 4 rings (SSSR count). The fourth-order valence-electron chi connectivity index (χ4n) is 3.83. The highest BCUT2D eigenvalue weighted by atomic mass is 32.2. The lowest BCUT2D eigenvalue weighted by atomic mass is 9.97. The zero-order valence-electron chi connectivity index (χ0n) is 18.4. The molecule has 33 heavy (non-hydrogen) atoms. The van der Waals surface area contributed by atoms with E-state index in [1.807, 2.05) is 55.5 Å². The summed E-state index contributed by atoms with van der Waals surface area (Å²) in [7, 11) is -3.48. The van der Waals surface area contributed by atoms with Crippen molar-refractivity contribution < 1.29 is 17.9 Å². The molecular formula is C25H25N3O4S. The summed E-state index contributed by atoms with van der Waals surface area (Å²) in [5, 5.41) is 6.16. The predicted molar refractivity (Wildman–Crippen MR) is 129 cm³/mol. The molecule has 3 aromatic rings. The monoisotopic (exact) mass is 463 g/mol. The SMILES string of the molecule is CCOc1cccc([C@H]2CC(c3ccccc3NS(C)(=O)=O)=NN2C(=O)c2ccccc2)c1. The van der Waals surface area contributed by atoms with Gasteiger partial charge in [-0.1, -0.05) is 48.5 Å². The Balaban J connectivity index is 1.76. The minimum atomic E-state index is -3.48. The van der Waals surface area contributed by atoms with Crippen LogP contribution in [0, 0.1) is 0 Å². The number of carbonyl (C=O) groups is 1. The van der Waals surface area contributed by atoms with Crippen molar-refractivity contribution in [2.45, 2.75) is 19.4 Å². The number of hydrazone groups is 1. The highest BCUT2D eigenvalue weighted by Gasteiger charge is 2.34. The van der Waals surface area contributed by atoms with Crippen molar-refractivity contribution in [3.8, 4) is 5.75 Å². The van der Waals surface area contributed by atoms with Crippen LogP contribution in [0.1, 0.15) is 40.9 Å². The van der Waals surface area contributed by atoms with E-state index in [0.29, 0.717) is 35.6 Å². The Morgan fingerprint density at radius 3 is 2.52 bits per heavy atom. The molecule has 0 saturated carbocycles. The van der Waals surface area contributed by atoms with Crippen LogP contribution >= 0.6 is 0 Å². The zero-order chi connectivity index (χ0) is 23.4. The third-order valence-corrected chi connectivity index (χ3v) is 5.82. The van der Waals surface area contributed by atoms with Crippen molar-refractivity contribution in [1.82, 2.24) is 5.01 Å². The number of hydrogen-bond donors (Lipinski definition) is 1. The molecule has 0 bridgehead atoms. The summed E-state index contributed by atoms with van der Waals surface area (Å²) in [6.45, 7) is 2.45. The van der Waals surface area contributed by atoms with E-state index < -0.39 is 10.0 Å². The summed E-state index contributed by atoms with van der Waals surface area (Å²) in [6.07, 6.45) is 1.53. The lowest BCUT2D eigenvalue weighted by molar-refractivity contribution is 0.0711. The number of carbonyl (C=O) groups excluding carboxylic acids is 1. The van der Waals surface area contributed by atoms with Gasteiger partial charge in [-0.05, 0) is 42.8 Å². The lowest BCUT2D eigenvalue weighted by Crippen LogP contribution is -2.27. The first-order valence-corrected chi connectivity index (χ1v) is 12.5. The average molecular weight is 464 g/mol. The van der Waals surface area contributed by atoms with Gasteiger partial charge in [0.15, 0.2) is 0 Å². The standard InChI is InChI=1S/C25H25N3O4S/c1-3-32-20-13-9-12-19(16-20)24-17-23(21-14-7-8-15-22(21)27-33(2,30)31)26-28(24)25(29)18-10-5-4-6-11-18/h4-16,24,27H,3,17H2,1-2H3/t24-/m1/s1. The van der Waals surface area contributed by atoms with Crippen LogP contribution < -0.4 is 9.46 Å². The number of ether oxygens (including phenoxy) is 1. The fourth-order valence-corrected chi connectivity index (χ4v) is 4.41. The van der Waals surface area contributed by atoms with Gasteiger partial charge in [-0.2, -0.15) is 5.10 Å². The van der Waals surface area contributed by atoms with Gasteiger partial charge in [0.2, 0.25) is 10.0 Å². The smallest absolute Gasteiger partial charge is 0.274 e. The normalized spacial score (nSPS) is 15.8. The second-order valence-corrected chi connectivity index (χ2v) is 9.46. The van der Waals surface area contributed by atoms with Gasteiger partial charge in [0.1, 0.15) is 5.75 Å². The van der Waals surface area contributed by atoms with Crippen LogP contribution in [0.5, 0.6) is 5.75 Å². The number of rotatable bonds is 7. The first-order chi connectivity index (χ1) is 15.9. The number of benzene rings is 3. The Bertz CT molecular complexity index is 1290. The first-order valence-electron chi connectivity index (χ1n) is 10.6. The molecule has 0 aliphatic carbocycles. The molecule has 1 N–H and O–H groups in total. The topological polar surface area (TPSA) is 88.1 Å². The van der Waals surface area contributed by atoms with Crippen LogP contribution in [0.25, 0.3) is 0 Å². The van der Waals surface area contributed by atoms with Gasteiger partial charge < -0.3 is 4.74 Å².